The van der Waals surface area contributed by atoms with E-state index in [-0.39, 0.29) is 11.9 Å². The van der Waals surface area contributed by atoms with Gasteiger partial charge in [-0.15, -0.1) is 0 Å². The van der Waals surface area contributed by atoms with Gasteiger partial charge in [0, 0.05) is 63.0 Å². The number of H-pyrrole nitrogens is 1. The molecule has 4 aromatic rings. The van der Waals surface area contributed by atoms with Crippen molar-refractivity contribution >= 4 is 28.7 Å². The van der Waals surface area contributed by atoms with Crippen molar-refractivity contribution in [3.63, 3.8) is 0 Å². The molecule has 2 N–H and O–H groups in total. The molecule has 3 heterocycles. The minimum atomic E-state index is -0.200. The number of ether oxygens (including phenoxy) is 1. The first-order valence-corrected chi connectivity index (χ1v) is 13.0. The van der Waals surface area contributed by atoms with Crippen molar-refractivity contribution in [2.45, 2.75) is 6.92 Å². The number of nitrogens with zero attached hydrogens (tertiary/aromatic N) is 5. The van der Waals surface area contributed by atoms with Crippen LogP contribution < -0.4 is 10.1 Å². The molecule has 39 heavy (non-hydrogen) atoms. The van der Waals surface area contributed by atoms with E-state index in [2.05, 4.69) is 32.3 Å². The minimum Gasteiger partial charge on any atom is -0.496 e. The van der Waals surface area contributed by atoms with Gasteiger partial charge in [-0.3, -0.25) is 9.89 Å². The first-order chi connectivity index (χ1) is 18.9. The second kappa shape index (κ2) is 11.1. The predicted octanol–water partition coefficient (Wildman–Crippen LogP) is 4.17. The van der Waals surface area contributed by atoms with Crippen molar-refractivity contribution in [1.29, 1.82) is 0 Å². The van der Waals surface area contributed by atoms with Gasteiger partial charge in [-0.25, -0.2) is 9.78 Å². The van der Waals surface area contributed by atoms with Gasteiger partial charge < -0.3 is 24.8 Å². The number of para-hydroxylation sites is 1. The van der Waals surface area contributed by atoms with Crippen LogP contribution in [-0.4, -0.2) is 95.7 Å². The molecule has 3 amide bonds. The molecule has 0 atom stereocenters. The van der Waals surface area contributed by atoms with Crippen molar-refractivity contribution in [3.05, 3.63) is 60.3 Å². The molecule has 0 unspecified atom stereocenters. The van der Waals surface area contributed by atoms with Crippen molar-refractivity contribution in [1.82, 2.24) is 29.9 Å². The molecule has 0 aliphatic carbocycles. The van der Waals surface area contributed by atoms with Gasteiger partial charge in [-0.2, -0.15) is 5.10 Å². The Balaban J connectivity index is 1.48. The maximum absolute atomic E-state index is 13.2. The van der Waals surface area contributed by atoms with Gasteiger partial charge in [0.05, 0.1) is 24.1 Å². The molecule has 5 rings (SSSR count). The largest absolute Gasteiger partial charge is 0.496 e. The quantitative estimate of drug-likeness (QED) is 0.390. The number of pyridine rings is 1. The third kappa shape index (κ3) is 5.28. The number of urea groups is 1. The number of hydrogen-bond acceptors (Lipinski definition) is 6. The highest BCUT2D eigenvalue weighted by Crippen LogP contribution is 2.35. The molecule has 2 aromatic heterocycles. The molecule has 202 valence electrons. The monoisotopic (exact) mass is 527 g/mol. The summed E-state index contributed by atoms with van der Waals surface area (Å²) < 4.78 is 5.55. The number of piperazine rings is 1. The van der Waals surface area contributed by atoms with Gasteiger partial charge in [-0.1, -0.05) is 25.1 Å². The topological polar surface area (TPSA) is 107 Å². The number of fused-ring (bicyclic) bond motifs is 1. The van der Waals surface area contributed by atoms with Gasteiger partial charge in [0.25, 0.3) is 5.91 Å². The molecular formula is C29H33N7O3. The molecule has 1 saturated heterocycles. The Hall–Kier alpha value is -4.44. The van der Waals surface area contributed by atoms with Gasteiger partial charge in [0.15, 0.2) is 5.65 Å². The summed E-state index contributed by atoms with van der Waals surface area (Å²) in [5.41, 5.74) is 4.77. The van der Waals surface area contributed by atoms with Crippen LogP contribution in [0.25, 0.3) is 33.4 Å². The van der Waals surface area contributed by atoms with Crippen LogP contribution in [0, 0.1) is 0 Å². The lowest BCUT2D eigenvalue weighted by Crippen LogP contribution is -2.49. The van der Waals surface area contributed by atoms with E-state index >= 15 is 0 Å². The van der Waals surface area contributed by atoms with Crippen LogP contribution in [0.4, 0.5) is 10.5 Å². The molecule has 1 aliphatic rings. The molecule has 0 bridgehead atoms. The molecular weight excluding hydrogens is 494 g/mol. The zero-order valence-corrected chi connectivity index (χ0v) is 22.7. The Morgan fingerprint density at radius 1 is 1.05 bits per heavy atom. The summed E-state index contributed by atoms with van der Waals surface area (Å²) in [5.74, 6) is 0.526. The van der Waals surface area contributed by atoms with E-state index in [1.807, 2.05) is 36.4 Å². The summed E-state index contributed by atoms with van der Waals surface area (Å²) in [6, 6.07) is 15.0. The number of hydrogen-bond donors (Lipinski definition) is 2. The normalized spacial score (nSPS) is 13.9. The van der Waals surface area contributed by atoms with E-state index < -0.39 is 0 Å². The lowest BCUT2D eigenvalue weighted by molar-refractivity contribution is 0.0828. The van der Waals surface area contributed by atoms with Crippen LogP contribution in [0.5, 0.6) is 5.75 Å². The molecule has 10 nitrogen and oxygen atoms in total. The number of carbonyl (C=O) groups excluding carboxylic acids is 2. The van der Waals surface area contributed by atoms with Crippen molar-refractivity contribution in [2.24, 2.45) is 0 Å². The summed E-state index contributed by atoms with van der Waals surface area (Å²) in [5, 5.41) is 11.3. The maximum atomic E-state index is 13.2. The number of benzene rings is 2. The minimum absolute atomic E-state index is 0.199. The number of aromatic amines is 1. The van der Waals surface area contributed by atoms with Crippen molar-refractivity contribution in [3.8, 4) is 28.1 Å². The Morgan fingerprint density at radius 2 is 1.82 bits per heavy atom. The highest BCUT2D eigenvalue weighted by atomic mass is 16.5. The molecule has 10 heteroatoms. The number of methoxy groups -OCH3 is 1. The average molecular weight is 528 g/mol. The predicted molar refractivity (Wildman–Crippen MR) is 152 cm³/mol. The summed E-state index contributed by atoms with van der Waals surface area (Å²) in [4.78, 5) is 36.4. The van der Waals surface area contributed by atoms with E-state index in [4.69, 9.17) is 4.74 Å². The van der Waals surface area contributed by atoms with E-state index in [1.165, 1.54) is 4.90 Å². The zero-order chi connectivity index (χ0) is 27.5. The Kier molecular flexibility index (Phi) is 7.47. The summed E-state index contributed by atoms with van der Waals surface area (Å²) in [6.07, 6.45) is 1.74. The fourth-order valence-corrected chi connectivity index (χ4v) is 4.83. The second-order valence-electron chi connectivity index (χ2n) is 9.71. The fourth-order valence-electron chi connectivity index (χ4n) is 4.83. The van der Waals surface area contributed by atoms with E-state index in [0.29, 0.717) is 30.0 Å². The van der Waals surface area contributed by atoms with Crippen molar-refractivity contribution in [2.75, 3.05) is 59.2 Å². The highest BCUT2D eigenvalue weighted by Gasteiger charge is 2.23. The number of rotatable bonds is 6. The lowest BCUT2D eigenvalue weighted by atomic mass is 10.0. The van der Waals surface area contributed by atoms with Crippen molar-refractivity contribution < 1.29 is 14.3 Å². The second-order valence-corrected chi connectivity index (χ2v) is 9.71. The third-order valence-corrected chi connectivity index (χ3v) is 7.12. The summed E-state index contributed by atoms with van der Waals surface area (Å²) in [7, 11) is 5.03. The zero-order valence-electron chi connectivity index (χ0n) is 22.7. The number of aromatic nitrogens is 3. The van der Waals surface area contributed by atoms with Crippen LogP contribution in [0.1, 0.15) is 17.3 Å². The first kappa shape index (κ1) is 26.2. The summed E-state index contributed by atoms with van der Waals surface area (Å²) in [6.45, 7) is 6.08. The molecule has 1 aliphatic heterocycles. The molecule has 0 spiro atoms. The number of carbonyl (C=O) groups is 2. The van der Waals surface area contributed by atoms with Gasteiger partial charge in [0.2, 0.25) is 0 Å². The van der Waals surface area contributed by atoms with E-state index in [9.17, 15) is 9.59 Å². The lowest BCUT2D eigenvalue weighted by Gasteiger charge is -2.34. The van der Waals surface area contributed by atoms with E-state index in [0.717, 1.165) is 53.2 Å². The number of anilines is 1. The number of nitrogens with one attached hydrogen (secondary N) is 2. The SMILES string of the molecule is CCN1CCN(C(=O)Nc2ccc(-c3cnc4n[nH]c(-c5ccccc5OC)c4c3)cc2C(=O)N(C)C)CC1. The standard InChI is InChI=1S/C29H33N7O3/c1-5-35-12-14-36(15-13-35)29(38)31-24-11-10-19(16-22(24)28(37)34(2)3)20-17-23-26(32-33-27(23)30-18-20)21-8-6-7-9-25(21)39-4/h6-11,16-18H,5,12-15H2,1-4H3,(H,31,38)(H,30,32,33). The smallest absolute Gasteiger partial charge is 0.321 e. The molecule has 1 fully saturated rings. The number of amides is 3. The average Bonchev–Trinajstić information content (AvgIpc) is 3.40. The van der Waals surface area contributed by atoms with Crippen LogP contribution in [0.15, 0.2) is 54.7 Å². The van der Waals surface area contributed by atoms with Crippen LogP contribution in [0.3, 0.4) is 0 Å². The van der Waals surface area contributed by atoms with Gasteiger partial charge in [-0.05, 0) is 42.4 Å². The molecule has 0 radical (unpaired) electrons. The van der Waals surface area contributed by atoms with Crippen LogP contribution in [-0.2, 0) is 0 Å². The maximum Gasteiger partial charge on any atom is 0.321 e. The van der Waals surface area contributed by atoms with Gasteiger partial charge >= 0.3 is 6.03 Å². The Labute approximate surface area is 227 Å². The fraction of sp³-hybridized carbons (Fsp3) is 0.310. The van der Waals surface area contributed by atoms with Crippen LogP contribution >= 0.6 is 0 Å². The Bertz CT molecular complexity index is 1510. The Morgan fingerprint density at radius 3 is 2.54 bits per heavy atom. The highest BCUT2D eigenvalue weighted by molar-refractivity contribution is 6.04. The molecule has 0 saturated carbocycles. The molecule has 2 aromatic carbocycles. The number of likely N-dealkylation sites (N-methyl/N-ethyl adjacent to an activating group) is 1. The summed E-state index contributed by atoms with van der Waals surface area (Å²) >= 11 is 0. The van der Waals surface area contributed by atoms with E-state index in [1.54, 1.807) is 44.4 Å². The van der Waals surface area contributed by atoms with Gasteiger partial charge in [0.1, 0.15) is 5.75 Å². The third-order valence-electron chi connectivity index (χ3n) is 7.12. The first-order valence-electron chi connectivity index (χ1n) is 13.0. The van der Waals surface area contributed by atoms with Crippen LogP contribution in [0.2, 0.25) is 0 Å².